The van der Waals surface area contributed by atoms with Crippen LogP contribution in [0.25, 0.3) is 0 Å². The summed E-state index contributed by atoms with van der Waals surface area (Å²) in [5.41, 5.74) is 1.47. The summed E-state index contributed by atoms with van der Waals surface area (Å²) in [4.78, 5) is 0. The van der Waals surface area contributed by atoms with Crippen LogP contribution in [0.4, 0.5) is 4.39 Å². The van der Waals surface area contributed by atoms with Gasteiger partial charge >= 0.3 is 0 Å². The van der Waals surface area contributed by atoms with Crippen LogP contribution in [0.15, 0.2) is 24.3 Å². The average molecular weight is 289 g/mol. The van der Waals surface area contributed by atoms with E-state index in [1.54, 1.807) is 12.1 Å². The Morgan fingerprint density at radius 1 is 1.10 bits per heavy atom. The zero-order valence-corrected chi connectivity index (χ0v) is 13.4. The van der Waals surface area contributed by atoms with Crippen LogP contribution in [0.2, 0.25) is 0 Å². The predicted molar refractivity (Wildman–Crippen MR) is 86.0 cm³/mol. The highest BCUT2D eigenvalue weighted by molar-refractivity contribution is 5.33. The lowest BCUT2D eigenvalue weighted by atomic mass is 9.46. The number of halogens is 1. The first kappa shape index (κ1) is 15.0. The van der Waals surface area contributed by atoms with E-state index >= 15 is 0 Å². The predicted octanol–water partition coefficient (Wildman–Crippen LogP) is 4.81. The zero-order chi connectivity index (χ0) is 14.9. The van der Waals surface area contributed by atoms with Crippen molar-refractivity contribution in [2.75, 3.05) is 6.54 Å². The third-order valence-corrected chi connectivity index (χ3v) is 5.63. The molecule has 0 saturated heterocycles. The fourth-order valence-corrected chi connectivity index (χ4v) is 4.74. The molecule has 2 fully saturated rings. The van der Waals surface area contributed by atoms with Gasteiger partial charge in [-0.05, 0) is 42.7 Å². The Labute approximate surface area is 128 Å². The lowest BCUT2D eigenvalue weighted by Gasteiger charge is -2.59. The Balaban J connectivity index is 1.82. The molecule has 3 rings (SSSR count). The standard InChI is InChI=1S/C19H28FN/c1-15(2)21-14-19(16-8-4-5-9-17(16)20)12-18(13-19)10-6-3-7-11-18/h4-5,8-9,15,21H,3,6-7,10-14H2,1-2H3. The van der Waals surface area contributed by atoms with Crippen molar-refractivity contribution in [3.8, 4) is 0 Å². The minimum absolute atomic E-state index is 0.0197. The van der Waals surface area contributed by atoms with E-state index in [9.17, 15) is 4.39 Å². The largest absolute Gasteiger partial charge is 0.314 e. The molecule has 116 valence electrons. The Morgan fingerprint density at radius 3 is 2.38 bits per heavy atom. The van der Waals surface area contributed by atoms with E-state index in [1.165, 1.54) is 44.9 Å². The fourth-order valence-electron chi connectivity index (χ4n) is 4.74. The van der Waals surface area contributed by atoms with Crippen molar-refractivity contribution in [2.24, 2.45) is 5.41 Å². The second-order valence-electron chi connectivity index (χ2n) is 7.71. The maximum atomic E-state index is 14.4. The first-order valence-corrected chi connectivity index (χ1v) is 8.54. The molecule has 0 atom stereocenters. The topological polar surface area (TPSA) is 12.0 Å². The molecule has 0 radical (unpaired) electrons. The molecule has 1 nitrogen and oxygen atoms in total. The molecule has 1 aromatic carbocycles. The zero-order valence-electron chi connectivity index (χ0n) is 13.4. The van der Waals surface area contributed by atoms with Crippen LogP contribution in [0.5, 0.6) is 0 Å². The van der Waals surface area contributed by atoms with E-state index in [-0.39, 0.29) is 11.2 Å². The molecule has 0 bridgehead atoms. The summed E-state index contributed by atoms with van der Waals surface area (Å²) in [5.74, 6) is -0.0197. The molecule has 2 heteroatoms. The van der Waals surface area contributed by atoms with E-state index in [2.05, 4.69) is 19.2 Å². The summed E-state index contributed by atoms with van der Waals surface area (Å²) in [6.07, 6.45) is 9.16. The third-order valence-electron chi connectivity index (χ3n) is 5.63. The van der Waals surface area contributed by atoms with Gasteiger partial charge in [-0.25, -0.2) is 4.39 Å². The summed E-state index contributed by atoms with van der Waals surface area (Å²) < 4.78 is 14.4. The Bertz CT molecular complexity index is 480. The smallest absolute Gasteiger partial charge is 0.127 e. The minimum Gasteiger partial charge on any atom is -0.314 e. The van der Waals surface area contributed by atoms with E-state index < -0.39 is 0 Å². The van der Waals surface area contributed by atoms with Gasteiger partial charge in [0, 0.05) is 18.0 Å². The van der Waals surface area contributed by atoms with Gasteiger partial charge in [0.1, 0.15) is 5.82 Å². The van der Waals surface area contributed by atoms with Crippen molar-refractivity contribution in [3.63, 3.8) is 0 Å². The van der Waals surface area contributed by atoms with Crippen molar-refractivity contribution in [1.82, 2.24) is 5.32 Å². The van der Waals surface area contributed by atoms with Crippen molar-refractivity contribution in [3.05, 3.63) is 35.6 Å². The van der Waals surface area contributed by atoms with Crippen LogP contribution in [-0.2, 0) is 5.41 Å². The second kappa shape index (κ2) is 5.72. The fraction of sp³-hybridized carbons (Fsp3) is 0.684. The molecule has 1 spiro atoms. The second-order valence-corrected chi connectivity index (χ2v) is 7.71. The molecule has 0 heterocycles. The van der Waals surface area contributed by atoms with Crippen molar-refractivity contribution in [2.45, 2.75) is 70.3 Å². The summed E-state index contributed by atoms with van der Waals surface area (Å²) in [5, 5.41) is 3.57. The maximum absolute atomic E-state index is 14.4. The third kappa shape index (κ3) is 2.88. The van der Waals surface area contributed by atoms with Crippen molar-refractivity contribution >= 4 is 0 Å². The number of rotatable bonds is 4. The van der Waals surface area contributed by atoms with Gasteiger partial charge in [-0.3, -0.25) is 0 Å². The average Bonchev–Trinajstić information content (AvgIpc) is 2.44. The highest BCUT2D eigenvalue weighted by Crippen LogP contribution is 2.61. The van der Waals surface area contributed by atoms with Crippen LogP contribution >= 0.6 is 0 Å². The normalized spacial score (nSPS) is 23.2. The lowest BCUT2D eigenvalue weighted by Crippen LogP contribution is -2.56. The number of nitrogens with one attached hydrogen (secondary N) is 1. The molecule has 2 aliphatic carbocycles. The first-order valence-electron chi connectivity index (χ1n) is 8.54. The summed E-state index contributed by atoms with van der Waals surface area (Å²) in [7, 11) is 0. The molecule has 21 heavy (non-hydrogen) atoms. The quantitative estimate of drug-likeness (QED) is 0.839. The Kier molecular flexibility index (Phi) is 4.09. The minimum atomic E-state index is -0.0197. The van der Waals surface area contributed by atoms with Crippen LogP contribution in [0.1, 0.15) is 64.4 Å². The van der Waals surface area contributed by atoms with Gasteiger partial charge in [0.2, 0.25) is 0 Å². The summed E-state index contributed by atoms with van der Waals surface area (Å²) >= 11 is 0. The molecule has 0 aromatic heterocycles. The highest BCUT2D eigenvalue weighted by atomic mass is 19.1. The molecule has 0 amide bonds. The molecule has 0 unspecified atom stereocenters. The number of hydrogen-bond acceptors (Lipinski definition) is 1. The van der Waals surface area contributed by atoms with E-state index in [1.807, 2.05) is 12.1 Å². The van der Waals surface area contributed by atoms with Gasteiger partial charge in [-0.15, -0.1) is 0 Å². The van der Waals surface area contributed by atoms with Crippen LogP contribution in [-0.4, -0.2) is 12.6 Å². The van der Waals surface area contributed by atoms with E-state index in [4.69, 9.17) is 0 Å². The van der Waals surface area contributed by atoms with Gasteiger partial charge in [0.05, 0.1) is 0 Å². The highest BCUT2D eigenvalue weighted by Gasteiger charge is 2.55. The van der Waals surface area contributed by atoms with Gasteiger partial charge in [0.25, 0.3) is 0 Å². The Morgan fingerprint density at radius 2 is 1.76 bits per heavy atom. The van der Waals surface area contributed by atoms with Crippen LogP contribution in [0, 0.1) is 11.2 Å². The SMILES string of the molecule is CC(C)NCC1(c2ccccc2F)CC2(CCCCC2)C1. The molecule has 2 aliphatic rings. The monoisotopic (exact) mass is 289 g/mol. The Hall–Kier alpha value is -0.890. The van der Waals surface area contributed by atoms with E-state index in [0.29, 0.717) is 11.5 Å². The van der Waals surface area contributed by atoms with Crippen LogP contribution < -0.4 is 5.32 Å². The van der Waals surface area contributed by atoms with Crippen molar-refractivity contribution < 1.29 is 4.39 Å². The summed E-state index contributed by atoms with van der Waals surface area (Å²) in [6.45, 7) is 5.25. The van der Waals surface area contributed by atoms with Gasteiger partial charge in [0.15, 0.2) is 0 Å². The number of hydrogen-bond donors (Lipinski definition) is 1. The number of benzene rings is 1. The molecule has 0 aliphatic heterocycles. The molecular formula is C19H28FN. The first-order chi connectivity index (χ1) is 10.1. The maximum Gasteiger partial charge on any atom is 0.127 e. The molecule has 1 aromatic rings. The van der Waals surface area contributed by atoms with Gasteiger partial charge in [-0.1, -0.05) is 51.3 Å². The molecule has 2 saturated carbocycles. The molecular weight excluding hydrogens is 261 g/mol. The summed E-state index contributed by atoms with van der Waals surface area (Å²) in [6, 6.07) is 7.88. The van der Waals surface area contributed by atoms with Crippen LogP contribution in [0.3, 0.4) is 0 Å². The molecule has 1 N–H and O–H groups in total. The van der Waals surface area contributed by atoms with Crippen molar-refractivity contribution in [1.29, 1.82) is 0 Å². The van der Waals surface area contributed by atoms with Gasteiger partial charge < -0.3 is 5.32 Å². The van der Waals surface area contributed by atoms with Gasteiger partial charge in [-0.2, -0.15) is 0 Å². The lowest BCUT2D eigenvalue weighted by molar-refractivity contribution is -0.0153. The van der Waals surface area contributed by atoms with E-state index in [0.717, 1.165) is 12.1 Å².